The van der Waals surface area contributed by atoms with Crippen LogP contribution < -0.4 is 5.73 Å². The Labute approximate surface area is 157 Å². The molecule has 1 aliphatic carbocycles. The monoisotopic (exact) mass is 377 g/mol. The van der Waals surface area contributed by atoms with E-state index >= 15 is 0 Å². The van der Waals surface area contributed by atoms with Gasteiger partial charge in [0.1, 0.15) is 11.0 Å². The quantitative estimate of drug-likeness (QED) is 0.735. The van der Waals surface area contributed by atoms with Gasteiger partial charge >= 0.3 is 0 Å². The van der Waals surface area contributed by atoms with Crippen molar-refractivity contribution in [3.05, 3.63) is 29.4 Å². The lowest BCUT2D eigenvalue weighted by Crippen LogP contribution is -2.25. The van der Waals surface area contributed by atoms with Crippen LogP contribution in [0.3, 0.4) is 0 Å². The second-order valence-corrected chi connectivity index (χ2v) is 9.03. The average molecular weight is 378 g/mol. The van der Waals surface area contributed by atoms with Crippen LogP contribution in [0, 0.1) is 0 Å². The molecule has 136 valence electrons. The molecule has 1 aromatic carbocycles. The number of hydrogen-bond acceptors (Lipinski definition) is 4. The smallest absolute Gasteiger partial charge is 0.128 e. The summed E-state index contributed by atoms with van der Waals surface area (Å²) in [5.41, 5.74) is 7.63. The number of rotatable bonds is 6. The van der Waals surface area contributed by atoms with Gasteiger partial charge in [-0.15, -0.1) is 11.3 Å². The van der Waals surface area contributed by atoms with E-state index in [-0.39, 0.29) is 0 Å². The van der Waals surface area contributed by atoms with Crippen molar-refractivity contribution < 1.29 is 4.21 Å². The first-order chi connectivity index (χ1) is 12.1. The Balaban J connectivity index is 1.94. The highest BCUT2D eigenvalue weighted by atomic mass is 32.2. The van der Waals surface area contributed by atoms with Crippen LogP contribution in [0.4, 0.5) is 5.69 Å². The summed E-state index contributed by atoms with van der Waals surface area (Å²) >= 11 is 1.75. The van der Waals surface area contributed by atoms with Crippen LogP contribution in [-0.2, 0) is 11.0 Å². The normalized spacial score (nSPS) is 17.1. The summed E-state index contributed by atoms with van der Waals surface area (Å²) in [7, 11) is -1.21. The fourth-order valence-corrected chi connectivity index (χ4v) is 5.98. The highest BCUT2D eigenvalue weighted by Gasteiger charge is 2.22. The van der Waals surface area contributed by atoms with Crippen molar-refractivity contribution in [1.29, 1.82) is 0 Å². The van der Waals surface area contributed by atoms with Gasteiger partial charge in [-0.1, -0.05) is 39.2 Å². The maximum absolute atomic E-state index is 13.0. The summed E-state index contributed by atoms with van der Waals surface area (Å²) < 4.78 is 15.0. The predicted octanol–water partition coefficient (Wildman–Crippen LogP) is 4.80. The first-order valence-corrected chi connectivity index (χ1v) is 11.1. The summed E-state index contributed by atoms with van der Waals surface area (Å²) in [5.74, 6) is 0.595. The van der Waals surface area contributed by atoms with Gasteiger partial charge in [-0.2, -0.15) is 0 Å². The van der Waals surface area contributed by atoms with Gasteiger partial charge in [0, 0.05) is 36.5 Å². The van der Waals surface area contributed by atoms with E-state index in [0.717, 1.165) is 28.4 Å². The molecule has 1 unspecified atom stereocenters. The summed E-state index contributed by atoms with van der Waals surface area (Å²) in [6, 6.07) is 5.73. The van der Waals surface area contributed by atoms with Crippen molar-refractivity contribution in [2.75, 3.05) is 18.8 Å². The number of nitrogens with two attached hydrogens (primary N) is 1. The molecule has 1 saturated carbocycles. The molecule has 1 aliphatic rings. The Hall–Kier alpha value is -1.24. The fourth-order valence-electron chi connectivity index (χ4n) is 3.43. The van der Waals surface area contributed by atoms with Gasteiger partial charge < -0.3 is 5.73 Å². The largest absolute Gasteiger partial charge is 0.399 e. The number of nitrogen functional groups attached to an aromatic ring is 1. The molecule has 25 heavy (non-hydrogen) atoms. The molecule has 1 aromatic heterocycles. The van der Waals surface area contributed by atoms with Gasteiger partial charge in [-0.25, -0.2) is 13.5 Å². The van der Waals surface area contributed by atoms with Crippen molar-refractivity contribution in [3.63, 3.8) is 0 Å². The zero-order chi connectivity index (χ0) is 17.8. The summed E-state index contributed by atoms with van der Waals surface area (Å²) in [6.07, 6.45) is 8.39. The van der Waals surface area contributed by atoms with E-state index in [2.05, 4.69) is 0 Å². The van der Waals surface area contributed by atoms with Gasteiger partial charge in [0.2, 0.25) is 0 Å². The van der Waals surface area contributed by atoms with Crippen molar-refractivity contribution in [2.24, 2.45) is 0 Å². The van der Waals surface area contributed by atoms with E-state index in [4.69, 9.17) is 10.7 Å². The van der Waals surface area contributed by atoms with Crippen molar-refractivity contribution >= 4 is 28.0 Å². The molecule has 1 heterocycles. The Morgan fingerprint density at radius 2 is 1.96 bits per heavy atom. The van der Waals surface area contributed by atoms with Crippen LogP contribution in [0.15, 0.2) is 29.3 Å². The minimum atomic E-state index is -1.21. The first kappa shape index (κ1) is 18.5. The lowest BCUT2D eigenvalue weighted by atomic mass is 9.90. The molecule has 0 radical (unpaired) electrons. The maximum Gasteiger partial charge on any atom is 0.128 e. The van der Waals surface area contributed by atoms with E-state index < -0.39 is 11.0 Å². The van der Waals surface area contributed by atoms with Gasteiger partial charge in [0.15, 0.2) is 0 Å². The summed E-state index contributed by atoms with van der Waals surface area (Å²) in [5, 5.41) is 1.23. The van der Waals surface area contributed by atoms with Gasteiger partial charge in [0.05, 0.1) is 14.8 Å². The molecule has 0 bridgehead atoms. The van der Waals surface area contributed by atoms with Crippen LogP contribution in [0.1, 0.15) is 56.9 Å². The molecule has 2 N–H and O–H groups in total. The molecule has 3 rings (SSSR count). The molecular formula is C19H27N3OS2. The third-order valence-corrected chi connectivity index (χ3v) is 7.77. The second kappa shape index (κ2) is 8.43. The van der Waals surface area contributed by atoms with Crippen molar-refractivity contribution in [1.82, 2.24) is 9.29 Å². The molecule has 0 amide bonds. The average Bonchev–Trinajstić information content (AvgIpc) is 3.13. The van der Waals surface area contributed by atoms with E-state index in [1.54, 1.807) is 11.3 Å². The van der Waals surface area contributed by atoms with Gasteiger partial charge in [-0.3, -0.25) is 0 Å². The maximum atomic E-state index is 13.0. The van der Waals surface area contributed by atoms with Crippen LogP contribution in [0.5, 0.6) is 0 Å². The number of nitrogens with zero attached hydrogens (tertiary/aromatic N) is 2. The van der Waals surface area contributed by atoms with E-state index in [0.29, 0.717) is 11.6 Å². The minimum Gasteiger partial charge on any atom is -0.399 e. The molecule has 1 atom stereocenters. The topological polar surface area (TPSA) is 59.2 Å². The van der Waals surface area contributed by atoms with Gasteiger partial charge in [-0.05, 0) is 25.0 Å². The van der Waals surface area contributed by atoms with Crippen LogP contribution in [-0.4, -0.2) is 26.6 Å². The number of hydrogen-bond donors (Lipinski definition) is 1. The number of thiazole rings is 1. The van der Waals surface area contributed by atoms with Crippen molar-refractivity contribution in [2.45, 2.75) is 56.8 Å². The highest BCUT2D eigenvalue weighted by molar-refractivity contribution is 7.82. The molecule has 6 heteroatoms. The van der Waals surface area contributed by atoms with Crippen molar-refractivity contribution in [3.8, 4) is 10.4 Å². The minimum absolute atomic E-state index is 0.595. The summed E-state index contributed by atoms with van der Waals surface area (Å²) in [6.45, 7) is 5.54. The number of aromatic nitrogens is 1. The molecule has 0 aliphatic heterocycles. The predicted molar refractivity (Wildman–Crippen MR) is 107 cm³/mol. The molecular weight excluding hydrogens is 350 g/mol. The van der Waals surface area contributed by atoms with Crippen LogP contribution in [0.2, 0.25) is 0 Å². The lowest BCUT2D eigenvalue weighted by molar-refractivity contribution is 0.442. The third kappa shape index (κ3) is 4.13. The second-order valence-electron chi connectivity index (χ2n) is 6.52. The summed E-state index contributed by atoms with van der Waals surface area (Å²) in [4.78, 5) is 6.59. The molecule has 4 nitrogen and oxygen atoms in total. The number of benzene rings is 1. The highest BCUT2D eigenvalue weighted by Crippen LogP contribution is 2.39. The molecule has 1 fully saturated rings. The fraction of sp³-hybridized carbons (Fsp3) is 0.526. The third-order valence-electron chi connectivity index (χ3n) is 4.88. The van der Waals surface area contributed by atoms with Gasteiger partial charge in [0.25, 0.3) is 0 Å². The SMILES string of the molecule is CCN(CC)S(=O)c1cc(N)ccc1-c1cnc(C2CCCCC2)s1. The molecule has 0 saturated heterocycles. The van der Waals surface area contributed by atoms with E-state index in [1.165, 1.54) is 37.1 Å². The van der Waals surface area contributed by atoms with Crippen LogP contribution in [0.25, 0.3) is 10.4 Å². The lowest BCUT2D eigenvalue weighted by Gasteiger charge is -2.19. The Bertz CT molecular complexity index is 734. The zero-order valence-electron chi connectivity index (χ0n) is 15.0. The zero-order valence-corrected chi connectivity index (χ0v) is 16.7. The Morgan fingerprint density at radius 3 is 2.64 bits per heavy atom. The first-order valence-electron chi connectivity index (χ1n) is 9.16. The van der Waals surface area contributed by atoms with E-state index in [9.17, 15) is 4.21 Å². The molecule has 0 spiro atoms. The molecule has 2 aromatic rings. The Kier molecular flexibility index (Phi) is 6.25. The van der Waals surface area contributed by atoms with Crippen LogP contribution >= 0.6 is 11.3 Å². The Morgan fingerprint density at radius 1 is 1.24 bits per heavy atom. The van der Waals surface area contributed by atoms with E-state index in [1.807, 2.05) is 42.5 Å². The number of anilines is 1. The standard InChI is InChI=1S/C19H27N3OS2/c1-3-22(4-2)25(23)18-12-15(20)10-11-16(18)17-13-21-19(24-17)14-8-6-5-7-9-14/h10-14H,3-9,20H2,1-2H3.